The van der Waals surface area contributed by atoms with Crippen LogP contribution in [0.2, 0.25) is 0 Å². The van der Waals surface area contributed by atoms with Gasteiger partial charge in [0.05, 0.1) is 12.7 Å². The first kappa shape index (κ1) is 16.4. The second-order valence-electron chi connectivity index (χ2n) is 6.55. The summed E-state index contributed by atoms with van der Waals surface area (Å²) < 4.78 is 5.50. The molecule has 2 aromatic carbocycles. The molecule has 0 spiro atoms. The molecule has 4 rings (SSSR count). The van der Waals surface area contributed by atoms with Crippen LogP contribution in [0.1, 0.15) is 33.5 Å². The maximum atomic E-state index is 12.7. The SMILES string of the molecule is COc1cc2c(cc1CNC(=O)c1c[nH]c(=O)c3ccccc13)CCC2. The van der Waals surface area contributed by atoms with Gasteiger partial charge in [-0.15, -0.1) is 0 Å². The van der Waals surface area contributed by atoms with Crippen LogP contribution in [0.3, 0.4) is 0 Å². The van der Waals surface area contributed by atoms with E-state index in [0.29, 0.717) is 22.9 Å². The molecule has 0 saturated carbocycles. The summed E-state index contributed by atoms with van der Waals surface area (Å²) in [5, 5.41) is 4.11. The van der Waals surface area contributed by atoms with Crippen molar-refractivity contribution < 1.29 is 9.53 Å². The van der Waals surface area contributed by atoms with Gasteiger partial charge < -0.3 is 15.0 Å². The molecule has 0 saturated heterocycles. The van der Waals surface area contributed by atoms with Crippen LogP contribution < -0.4 is 15.6 Å². The Morgan fingerprint density at radius 1 is 1.15 bits per heavy atom. The number of aromatic nitrogens is 1. The number of hydrogen-bond donors (Lipinski definition) is 2. The molecule has 0 fully saturated rings. The van der Waals surface area contributed by atoms with E-state index in [-0.39, 0.29) is 11.5 Å². The third kappa shape index (κ3) is 2.86. The Kier molecular flexibility index (Phi) is 4.21. The smallest absolute Gasteiger partial charge is 0.255 e. The zero-order chi connectivity index (χ0) is 18.1. The Morgan fingerprint density at radius 3 is 2.65 bits per heavy atom. The van der Waals surface area contributed by atoms with Gasteiger partial charge in [-0.05, 0) is 42.5 Å². The predicted molar refractivity (Wildman–Crippen MR) is 101 cm³/mol. The van der Waals surface area contributed by atoms with E-state index in [4.69, 9.17) is 4.74 Å². The zero-order valence-electron chi connectivity index (χ0n) is 14.6. The van der Waals surface area contributed by atoms with Gasteiger partial charge in [0.1, 0.15) is 5.75 Å². The molecule has 1 heterocycles. The minimum absolute atomic E-state index is 0.197. The van der Waals surface area contributed by atoms with Gasteiger partial charge in [-0.25, -0.2) is 0 Å². The first-order chi connectivity index (χ1) is 12.7. The van der Waals surface area contributed by atoms with E-state index in [2.05, 4.69) is 22.4 Å². The van der Waals surface area contributed by atoms with E-state index in [9.17, 15) is 9.59 Å². The first-order valence-electron chi connectivity index (χ1n) is 8.74. The molecule has 2 N–H and O–H groups in total. The maximum Gasteiger partial charge on any atom is 0.255 e. The highest BCUT2D eigenvalue weighted by Crippen LogP contribution is 2.29. The Morgan fingerprint density at radius 2 is 1.88 bits per heavy atom. The average Bonchev–Trinajstić information content (AvgIpc) is 3.13. The summed E-state index contributed by atoms with van der Waals surface area (Å²) in [5.41, 5.74) is 3.90. The fourth-order valence-corrected chi connectivity index (χ4v) is 3.65. The predicted octanol–water partition coefficient (Wildman–Crippen LogP) is 2.96. The molecule has 26 heavy (non-hydrogen) atoms. The van der Waals surface area contributed by atoms with Gasteiger partial charge in [0.2, 0.25) is 0 Å². The van der Waals surface area contributed by atoms with Crippen molar-refractivity contribution >= 4 is 16.7 Å². The lowest BCUT2D eigenvalue weighted by atomic mass is 10.0. The summed E-state index contributed by atoms with van der Waals surface area (Å²) in [6.45, 7) is 0.378. The molecular formula is C21H20N2O3. The van der Waals surface area contributed by atoms with Gasteiger partial charge in [0.25, 0.3) is 11.5 Å². The van der Waals surface area contributed by atoms with E-state index in [0.717, 1.165) is 30.6 Å². The van der Waals surface area contributed by atoms with Crippen molar-refractivity contribution in [3.8, 4) is 5.75 Å². The average molecular weight is 348 g/mol. The van der Waals surface area contributed by atoms with Crippen molar-refractivity contribution in [1.29, 1.82) is 0 Å². The van der Waals surface area contributed by atoms with Crippen LogP contribution in [0.4, 0.5) is 0 Å². The standard InChI is InChI=1S/C21H20N2O3/c1-26-19-10-14-6-4-5-13(14)9-15(19)11-22-21(25)18-12-23-20(24)17-8-3-2-7-16(17)18/h2-3,7-10,12H,4-6,11H2,1H3,(H,22,25)(H,23,24). The molecule has 0 unspecified atom stereocenters. The molecule has 132 valence electrons. The summed E-state index contributed by atoms with van der Waals surface area (Å²) in [4.78, 5) is 27.3. The number of carbonyl (C=O) groups is 1. The number of aromatic amines is 1. The molecule has 0 bridgehead atoms. The molecule has 1 aromatic heterocycles. The first-order valence-corrected chi connectivity index (χ1v) is 8.74. The number of methoxy groups -OCH3 is 1. The van der Waals surface area contributed by atoms with Gasteiger partial charge in [-0.3, -0.25) is 9.59 Å². The Balaban J connectivity index is 1.61. The highest BCUT2D eigenvalue weighted by Gasteiger charge is 2.17. The number of amides is 1. The molecule has 5 nitrogen and oxygen atoms in total. The number of ether oxygens (including phenoxy) is 1. The summed E-state index contributed by atoms with van der Waals surface area (Å²) in [6, 6.07) is 11.3. The third-order valence-corrected chi connectivity index (χ3v) is 4.99. The van der Waals surface area contributed by atoms with Crippen molar-refractivity contribution in [3.05, 3.63) is 75.2 Å². The lowest BCUT2D eigenvalue weighted by Crippen LogP contribution is -2.24. The Labute approximate surface area is 151 Å². The van der Waals surface area contributed by atoms with Crippen LogP contribution >= 0.6 is 0 Å². The van der Waals surface area contributed by atoms with Crippen LogP contribution in [0.15, 0.2) is 47.4 Å². The summed E-state index contributed by atoms with van der Waals surface area (Å²) in [5.74, 6) is 0.581. The highest BCUT2D eigenvalue weighted by molar-refractivity contribution is 6.06. The number of benzene rings is 2. The largest absolute Gasteiger partial charge is 0.496 e. The second kappa shape index (κ2) is 6.67. The van der Waals surface area contributed by atoms with Gasteiger partial charge in [-0.1, -0.05) is 24.3 Å². The van der Waals surface area contributed by atoms with Gasteiger partial charge in [-0.2, -0.15) is 0 Å². The van der Waals surface area contributed by atoms with Crippen LogP contribution in [-0.2, 0) is 19.4 Å². The summed E-state index contributed by atoms with van der Waals surface area (Å²) in [6.07, 6.45) is 4.80. The van der Waals surface area contributed by atoms with Crippen LogP contribution in [0.25, 0.3) is 10.8 Å². The van der Waals surface area contributed by atoms with Crippen molar-refractivity contribution in [2.75, 3.05) is 7.11 Å². The number of carbonyl (C=O) groups excluding carboxylic acids is 1. The fraction of sp³-hybridized carbons (Fsp3) is 0.238. The topological polar surface area (TPSA) is 71.2 Å². The number of aryl methyl sites for hydroxylation is 2. The monoisotopic (exact) mass is 348 g/mol. The molecular weight excluding hydrogens is 328 g/mol. The van der Waals surface area contributed by atoms with Crippen LogP contribution in [-0.4, -0.2) is 18.0 Å². The van der Waals surface area contributed by atoms with Gasteiger partial charge in [0.15, 0.2) is 0 Å². The Bertz CT molecular complexity index is 1050. The van der Waals surface area contributed by atoms with Crippen LogP contribution in [0.5, 0.6) is 5.75 Å². The molecule has 3 aromatic rings. The number of hydrogen-bond acceptors (Lipinski definition) is 3. The molecule has 1 amide bonds. The van der Waals surface area contributed by atoms with E-state index in [1.54, 1.807) is 25.3 Å². The van der Waals surface area contributed by atoms with Crippen molar-refractivity contribution in [3.63, 3.8) is 0 Å². The summed E-state index contributed by atoms with van der Waals surface area (Å²) in [7, 11) is 1.65. The summed E-state index contributed by atoms with van der Waals surface area (Å²) >= 11 is 0. The van der Waals surface area contributed by atoms with E-state index in [1.165, 1.54) is 17.3 Å². The van der Waals surface area contributed by atoms with E-state index in [1.807, 2.05) is 6.07 Å². The number of H-pyrrole nitrogens is 1. The number of rotatable bonds is 4. The lowest BCUT2D eigenvalue weighted by molar-refractivity contribution is 0.0952. The molecule has 1 aliphatic rings. The molecule has 0 radical (unpaired) electrons. The van der Waals surface area contributed by atoms with Crippen LogP contribution in [0, 0.1) is 0 Å². The molecule has 0 atom stereocenters. The second-order valence-corrected chi connectivity index (χ2v) is 6.55. The zero-order valence-corrected chi connectivity index (χ0v) is 14.6. The van der Waals surface area contributed by atoms with Crippen molar-refractivity contribution in [2.24, 2.45) is 0 Å². The fourth-order valence-electron chi connectivity index (χ4n) is 3.65. The number of fused-ring (bicyclic) bond motifs is 2. The Hall–Kier alpha value is -3.08. The van der Waals surface area contributed by atoms with Crippen molar-refractivity contribution in [2.45, 2.75) is 25.8 Å². The van der Waals surface area contributed by atoms with E-state index >= 15 is 0 Å². The maximum absolute atomic E-state index is 12.7. The molecule has 0 aliphatic heterocycles. The minimum atomic E-state index is -0.222. The van der Waals surface area contributed by atoms with Crippen molar-refractivity contribution in [1.82, 2.24) is 10.3 Å². The van der Waals surface area contributed by atoms with E-state index < -0.39 is 0 Å². The quantitative estimate of drug-likeness (QED) is 0.761. The number of nitrogens with one attached hydrogen (secondary N) is 2. The lowest BCUT2D eigenvalue weighted by Gasteiger charge is -2.13. The van der Waals surface area contributed by atoms with Gasteiger partial charge in [0, 0.05) is 29.1 Å². The number of pyridine rings is 1. The highest BCUT2D eigenvalue weighted by atomic mass is 16.5. The minimum Gasteiger partial charge on any atom is -0.496 e. The normalized spacial score (nSPS) is 12.8. The third-order valence-electron chi connectivity index (χ3n) is 4.99. The molecule has 1 aliphatic carbocycles. The van der Waals surface area contributed by atoms with Gasteiger partial charge >= 0.3 is 0 Å². The molecule has 5 heteroatoms.